The van der Waals surface area contributed by atoms with Crippen LogP contribution in [-0.4, -0.2) is 52.5 Å². The number of ketones is 1. The van der Waals surface area contributed by atoms with Crippen molar-refractivity contribution in [2.75, 3.05) is 19.8 Å². The Labute approximate surface area is 145 Å². The average Bonchev–Trinajstić information content (AvgIpc) is 3.02. The Morgan fingerprint density at radius 3 is 3.08 bits per heavy atom. The third kappa shape index (κ3) is 2.93. The van der Waals surface area contributed by atoms with Gasteiger partial charge in [0.15, 0.2) is 0 Å². The molecule has 132 valence electrons. The van der Waals surface area contributed by atoms with Crippen LogP contribution < -0.4 is 0 Å². The van der Waals surface area contributed by atoms with Crippen LogP contribution in [-0.2, 0) is 9.53 Å². The molecule has 1 aliphatic heterocycles. The van der Waals surface area contributed by atoms with Crippen molar-refractivity contribution in [3.63, 3.8) is 0 Å². The molecule has 1 amide bonds. The molecule has 4 rings (SSSR count). The van der Waals surface area contributed by atoms with Crippen LogP contribution in [0.4, 0.5) is 0 Å². The average molecular weight is 343 g/mol. The van der Waals surface area contributed by atoms with Crippen molar-refractivity contribution < 1.29 is 18.8 Å². The highest BCUT2D eigenvalue weighted by molar-refractivity contribution is 5.97. The van der Waals surface area contributed by atoms with Crippen molar-refractivity contribution >= 4 is 22.8 Å². The van der Waals surface area contributed by atoms with Gasteiger partial charge in [0.1, 0.15) is 5.78 Å². The lowest BCUT2D eigenvalue weighted by atomic mass is 9.82. The molecule has 2 atom stereocenters. The summed E-state index contributed by atoms with van der Waals surface area (Å²) in [7, 11) is 0. The van der Waals surface area contributed by atoms with Gasteiger partial charge in [-0.15, -0.1) is 0 Å². The van der Waals surface area contributed by atoms with Crippen molar-refractivity contribution in [1.82, 2.24) is 15.0 Å². The third-order valence-electron chi connectivity index (χ3n) is 5.25. The Kier molecular flexibility index (Phi) is 4.25. The zero-order valence-electron chi connectivity index (χ0n) is 14.2. The Morgan fingerprint density at radius 1 is 1.36 bits per heavy atom. The summed E-state index contributed by atoms with van der Waals surface area (Å²) in [5, 5.41) is 4.62. The molecule has 7 heteroatoms. The van der Waals surface area contributed by atoms with E-state index in [0.717, 1.165) is 24.6 Å². The largest absolute Gasteiger partial charge is 0.377 e. The van der Waals surface area contributed by atoms with Crippen LogP contribution >= 0.6 is 0 Å². The fourth-order valence-electron chi connectivity index (χ4n) is 3.85. The number of morpholine rings is 1. The van der Waals surface area contributed by atoms with E-state index in [1.165, 1.54) is 6.20 Å². The number of aryl methyl sites for hydroxylation is 1. The first kappa shape index (κ1) is 16.2. The van der Waals surface area contributed by atoms with Gasteiger partial charge >= 0.3 is 0 Å². The molecule has 0 spiro atoms. The summed E-state index contributed by atoms with van der Waals surface area (Å²) in [6.45, 7) is 3.23. The predicted octanol–water partition coefficient (Wildman–Crippen LogP) is 2.13. The predicted molar refractivity (Wildman–Crippen MR) is 89.1 cm³/mol. The second-order valence-corrected chi connectivity index (χ2v) is 6.80. The molecule has 1 aliphatic carbocycles. The molecule has 0 aromatic carbocycles. The Morgan fingerprint density at radius 2 is 2.24 bits per heavy atom. The first-order chi connectivity index (χ1) is 12.1. The number of amides is 1. The molecule has 1 saturated carbocycles. The number of carbonyl (C=O) groups is 2. The number of hydrogen-bond acceptors (Lipinski definition) is 6. The molecule has 2 fully saturated rings. The van der Waals surface area contributed by atoms with Crippen molar-refractivity contribution in [2.24, 2.45) is 5.92 Å². The van der Waals surface area contributed by atoms with E-state index < -0.39 is 0 Å². The van der Waals surface area contributed by atoms with Gasteiger partial charge in [0.2, 0.25) is 0 Å². The summed E-state index contributed by atoms with van der Waals surface area (Å²) in [5.74, 6) is 0.0247. The van der Waals surface area contributed by atoms with Crippen LogP contribution in [0.5, 0.6) is 0 Å². The molecular weight excluding hydrogens is 322 g/mol. The van der Waals surface area contributed by atoms with E-state index >= 15 is 0 Å². The second kappa shape index (κ2) is 6.55. The number of Topliss-reactive ketones (excluding diaryl/α,β-unsaturated/α-hetero) is 1. The molecule has 0 radical (unpaired) electrons. The molecule has 2 aromatic rings. The Hall–Kier alpha value is -2.28. The lowest BCUT2D eigenvalue weighted by Gasteiger charge is -2.40. The van der Waals surface area contributed by atoms with Crippen LogP contribution in [0.2, 0.25) is 0 Å². The number of hydrogen-bond donors (Lipinski definition) is 0. The van der Waals surface area contributed by atoms with Gasteiger partial charge in [-0.3, -0.25) is 9.59 Å². The summed E-state index contributed by atoms with van der Waals surface area (Å²) in [6, 6.07) is 1.58. The zero-order valence-corrected chi connectivity index (χ0v) is 14.2. The Bertz CT molecular complexity index is 816. The maximum Gasteiger partial charge on any atom is 0.257 e. The maximum absolute atomic E-state index is 13.1. The minimum atomic E-state index is -0.187. The van der Waals surface area contributed by atoms with Gasteiger partial charge in [-0.2, -0.15) is 0 Å². The van der Waals surface area contributed by atoms with Gasteiger partial charge in [-0.25, -0.2) is 4.98 Å². The monoisotopic (exact) mass is 343 g/mol. The standard InChI is InChI=1S/C18H21N3O4/c1-11-14-8-12(9-19-17(14)25-20-11)18(23)21-6-7-24-10-15(21)13-4-2-3-5-16(13)22/h8-9,13,15H,2-7,10H2,1H3/t13-,15+/m1/s1. The summed E-state index contributed by atoms with van der Waals surface area (Å²) in [6.07, 6.45) is 4.94. The van der Waals surface area contributed by atoms with Crippen molar-refractivity contribution in [3.05, 3.63) is 23.5 Å². The summed E-state index contributed by atoms with van der Waals surface area (Å²) >= 11 is 0. The lowest BCUT2D eigenvalue weighted by Crippen LogP contribution is -2.54. The normalized spacial score (nSPS) is 24.7. The maximum atomic E-state index is 13.1. The fourth-order valence-corrected chi connectivity index (χ4v) is 3.85. The molecule has 3 heterocycles. The van der Waals surface area contributed by atoms with Gasteiger partial charge in [0, 0.05) is 25.1 Å². The second-order valence-electron chi connectivity index (χ2n) is 6.80. The van der Waals surface area contributed by atoms with Crippen molar-refractivity contribution in [2.45, 2.75) is 38.6 Å². The molecule has 0 unspecified atom stereocenters. The highest BCUT2D eigenvalue weighted by atomic mass is 16.5. The number of rotatable bonds is 2. The number of pyridine rings is 1. The zero-order chi connectivity index (χ0) is 17.4. The minimum Gasteiger partial charge on any atom is -0.377 e. The molecule has 2 aliphatic rings. The van der Waals surface area contributed by atoms with Gasteiger partial charge in [0.25, 0.3) is 11.6 Å². The van der Waals surface area contributed by atoms with E-state index in [1.807, 2.05) is 6.92 Å². The number of ether oxygens (including phenoxy) is 1. The minimum absolute atomic E-state index is 0.110. The van der Waals surface area contributed by atoms with Gasteiger partial charge < -0.3 is 14.2 Å². The smallest absolute Gasteiger partial charge is 0.257 e. The quantitative estimate of drug-likeness (QED) is 0.830. The summed E-state index contributed by atoms with van der Waals surface area (Å²) in [4.78, 5) is 31.5. The number of nitrogens with zero attached hydrogens (tertiary/aromatic N) is 3. The van der Waals surface area contributed by atoms with E-state index in [2.05, 4.69) is 10.1 Å². The molecule has 0 N–H and O–H groups in total. The number of carbonyl (C=O) groups excluding carboxylic acids is 2. The van der Waals surface area contributed by atoms with Crippen LogP contribution in [0.3, 0.4) is 0 Å². The van der Waals surface area contributed by atoms with E-state index in [1.54, 1.807) is 11.0 Å². The summed E-state index contributed by atoms with van der Waals surface area (Å²) in [5.41, 5.74) is 1.63. The first-order valence-electron chi connectivity index (χ1n) is 8.78. The van der Waals surface area contributed by atoms with E-state index in [4.69, 9.17) is 9.26 Å². The van der Waals surface area contributed by atoms with Crippen LogP contribution in [0.1, 0.15) is 41.7 Å². The number of fused-ring (bicyclic) bond motifs is 1. The van der Waals surface area contributed by atoms with Gasteiger partial charge in [0.05, 0.1) is 35.9 Å². The lowest BCUT2D eigenvalue weighted by molar-refractivity contribution is -0.129. The van der Waals surface area contributed by atoms with E-state index in [-0.39, 0.29) is 23.7 Å². The molecule has 0 bridgehead atoms. The highest BCUT2D eigenvalue weighted by Gasteiger charge is 2.38. The van der Waals surface area contributed by atoms with Crippen LogP contribution in [0.15, 0.2) is 16.8 Å². The molecular formula is C18H21N3O4. The molecule has 7 nitrogen and oxygen atoms in total. The van der Waals surface area contributed by atoms with E-state index in [9.17, 15) is 9.59 Å². The SMILES string of the molecule is Cc1noc2ncc(C(=O)N3CCOC[C@H]3[C@H]3CCCCC3=O)cc12. The third-order valence-corrected chi connectivity index (χ3v) is 5.25. The van der Waals surface area contributed by atoms with Gasteiger partial charge in [-0.1, -0.05) is 11.6 Å². The van der Waals surface area contributed by atoms with E-state index in [0.29, 0.717) is 43.2 Å². The van der Waals surface area contributed by atoms with Crippen molar-refractivity contribution in [1.29, 1.82) is 0 Å². The Balaban J connectivity index is 1.63. The molecule has 2 aromatic heterocycles. The summed E-state index contributed by atoms with van der Waals surface area (Å²) < 4.78 is 10.7. The van der Waals surface area contributed by atoms with Crippen LogP contribution in [0.25, 0.3) is 11.1 Å². The number of aromatic nitrogens is 2. The van der Waals surface area contributed by atoms with Crippen LogP contribution in [0, 0.1) is 12.8 Å². The highest BCUT2D eigenvalue weighted by Crippen LogP contribution is 2.29. The fraction of sp³-hybridized carbons (Fsp3) is 0.556. The molecule has 1 saturated heterocycles. The van der Waals surface area contributed by atoms with Gasteiger partial charge in [-0.05, 0) is 25.8 Å². The first-order valence-corrected chi connectivity index (χ1v) is 8.78. The van der Waals surface area contributed by atoms with Crippen molar-refractivity contribution in [3.8, 4) is 0 Å². The topological polar surface area (TPSA) is 85.5 Å². The molecule has 25 heavy (non-hydrogen) atoms.